The van der Waals surface area contributed by atoms with Crippen LogP contribution in [0.2, 0.25) is 19.6 Å². The third-order valence-electron chi connectivity index (χ3n) is 3.25. The Morgan fingerprint density at radius 1 is 1.18 bits per heavy atom. The zero-order valence-electron chi connectivity index (χ0n) is 11.9. The Morgan fingerprint density at radius 2 is 1.76 bits per heavy atom. The highest BCUT2D eigenvalue weighted by atomic mass is 28.3. The van der Waals surface area contributed by atoms with Crippen molar-refractivity contribution < 1.29 is 0 Å². The van der Waals surface area contributed by atoms with E-state index in [2.05, 4.69) is 50.7 Å². The Labute approximate surface area is 108 Å². The maximum atomic E-state index is 4.06. The van der Waals surface area contributed by atoms with Crippen molar-refractivity contribution in [2.45, 2.75) is 58.7 Å². The number of hydrogen-bond donors (Lipinski definition) is 0. The minimum Gasteiger partial charge on any atom is -0.127 e. The van der Waals surface area contributed by atoms with Crippen LogP contribution >= 0.6 is 0 Å². The number of rotatable bonds is 2. The summed E-state index contributed by atoms with van der Waals surface area (Å²) >= 11 is 0. The molecule has 0 nitrogen and oxygen atoms in total. The first-order valence-electron chi connectivity index (χ1n) is 6.79. The minimum absolute atomic E-state index is 0.786. The molecule has 1 rings (SSSR count). The van der Waals surface area contributed by atoms with Crippen LogP contribution in [0.15, 0.2) is 23.8 Å². The van der Waals surface area contributed by atoms with E-state index in [9.17, 15) is 0 Å². The summed E-state index contributed by atoms with van der Waals surface area (Å²) in [6.07, 6.45) is 9.13. The number of hydrogen-bond acceptors (Lipinski definition) is 0. The monoisotopic (exact) mass is 246 g/mol. The topological polar surface area (TPSA) is 0 Å². The minimum atomic E-state index is -1.26. The van der Waals surface area contributed by atoms with E-state index < -0.39 is 8.07 Å². The van der Waals surface area contributed by atoms with E-state index in [1.807, 2.05) is 0 Å². The molecule has 0 amide bonds. The average Bonchev–Trinajstić information content (AvgIpc) is 2.27. The van der Waals surface area contributed by atoms with Crippen LogP contribution in [0.4, 0.5) is 0 Å². The fourth-order valence-electron chi connectivity index (χ4n) is 2.25. The van der Waals surface area contributed by atoms with Gasteiger partial charge in [0.15, 0.2) is 0 Å². The molecule has 17 heavy (non-hydrogen) atoms. The molecule has 1 aliphatic rings. The van der Waals surface area contributed by atoms with E-state index in [0.717, 1.165) is 11.5 Å². The molecule has 0 saturated heterocycles. The van der Waals surface area contributed by atoms with Gasteiger partial charge in [0.25, 0.3) is 0 Å². The summed E-state index contributed by atoms with van der Waals surface area (Å²) in [6.45, 7) is 13.1. The molecule has 0 spiro atoms. The van der Waals surface area contributed by atoms with E-state index in [-0.39, 0.29) is 0 Å². The van der Waals surface area contributed by atoms with Gasteiger partial charge in [-0.05, 0) is 31.8 Å². The van der Waals surface area contributed by atoms with Gasteiger partial charge in [-0.3, -0.25) is 0 Å². The standard InChI is InChI=1S/C16H26Si/c1-14(11-12-17(3,4)5)13-15(2)16-9-7-6-8-10-16/h13,16H,1,6-10H2,2-5H3/b15-13+. The number of allylic oxidation sites excluding steroid dienone is 3. The molecular weight excluding hydrogens is 220 g/mol. The van der Waals surface area contributed by atoms with Crippen molar-refractivity contribution in [3.8, 4) is 11.5 Å². The van der Waals surface area contributed by atoms with Gasteiger partial charge in [-0.2, -0.15) is 0 Å². The molecule has 0 radical (unpaired) electrons. The van der Waals surface area contributed by atoms with Crippen LogP contribution in [-0.2, 0) is 0 Å². The Hall–Kier alpha value is -0.743. The van der Waals surface area contributed by atoms with Crippen LogP contribution in [0.3, 0.4) is 0 Å². The summed E-state index contributed by atoms with van der Waals surface area (Å²) in [6, 6.07) is 0. The van der Waals surface area contributed by atoms with Gasteiger partial charge in [-0.25, -0.2) is 0 Å². The molecule has 0 aromatic carbocycles. The summed E-state index contributed by atoms with van der Waals surface area (Å²) in [5.41, 5.74) is 5.86. The highest BCUT2D eigenvalue weighted by molar-refractivity contribution is 6.83. The summed E-state index contributed by atoms with van der Waals surface area (Å²) in [7, 11) is -1.26. The molecule has 0 heterocycles. The fraction of sp³-hybridized carbons (Fsp3) is 0.625. The fourth-order valence-corrected chi connectivity index (χ4v) is 2.79. The molecule has 0 atom stereocenters. The Bertz CT molecular complexity index is 351. The molecule has 1 fully saturated rings. The van der Waals surface area contributed by atoms with Crippen molar-refractivity contribution in [3.05, 3.63) is 23.8 Å². The first kappa shape index (κ1) is 14.3. The highest BCUT2D eigenvalue weighted by Crippen LogP contribution is 2.29. The molecule has 0 unspecified atom stereocenters. The lowest BCUT2D eigenvalue weighted by atomic mass is 9.84. The van der Waals surface area contributed by atoms with Crippen molar-refractivity contribution in [3.63, 3.8) is 0 Å². The Balaban J connectivity index is 2.60. The lowest BCUT2D eigenvalue weighted by Crippen LogP contribution is -2.16. The van der Waals surface area contributed by atoms with E-state index in [0.29, 0.717) is 0 Å². The maximum absolute atomic E-state index is 4.06. The Kier molecular flexibility index (Phi) is 5.27. The van der Waals surface area contributed by atoms with Crippen LogP contribution in [0.1, 0.15) is 39.0 Å². The van der Waals surface area contributed by atoms with Crippen LogP contribution < -0.4 is 0 Å². The zero-order valence-corrected chi connectivity index (χ0v) is 12.9. The molecule has 0 bridgehead atoms. The molecule has 1 heteroatoms. The van der Waals surface area contributed by atoms with Crippen molar-refractivity contribution in [1.82, 2.24) is 0 Å². The normalized spacial score (nSPS) is 18.5. The highest BCUT2D eigenvalue weighted by Gasteiger charge is 2.14. The van der Waals surface area contributed by atoms with Gasteiger partial charge in [0.1, 0.15) is 8.07 Å². The summed E-state index contributed by atoms with van der Waals surface area (Å²) in [5.74, 6) is 4.02. The molecule has 0 aliphatic heterocycles. The third-order valence-corrected chi connectivity index (χ3v) is 4.12. The molecule has 1 saturated carbocycles. The van der Waals surface area contributed by atoms with Crippen LogP contribution in [0.5, 0.6) is 0 Å². The van der Waals surface area contributed by atoms with Crippen molar-refractivity contribution >= 4 is 8.07 Å². The SMILES string of the molecule is C=C(C#C[Si](C)(C)C)/C=C(\C)C1CCCCC1. The molecule has 0 aromatic heterocycles. The van der Waals surface area contributed by atoms with Gasteiger partial charge in [0.2, 0.25) is 0 Å². The maximum Gasteiger partial charge on any atom is 0.129 e. The van der Waals surface area contributed by atoms with Gasteiger partial charge in [-0.1, -0.05) is 57.0 Å². The predicted molar refractivity (Wildman–Crippen MR) is 80.6 cm³/mol. The predicted octanol–water partition coefficient (Wildman–Crippen LogP) is 4.95. The van der Waals surface area contributed by atoms with Gasteiger partial charge in [-0.15, -0.1) is 5.54 Å². The van der Waals surface area contributed by atoms with E-state index in [4.69, 9.17) is 0 Å². The molecule has 1 aliphatic carbocycles. The van der Waals surface area contributed by atoms with Crippen molar-refractivity contribution in [1.29, 1.82) is 0 Å². The second-order valence-electron chi connectivity index (χ2n) is 6.25. The molecule has 0 aromatic rings. The van der Waals surface area contributed by atoms with E-state index >= 15 is 0 Å². The molecule has 94 valence electrons. The van der Waals surface area contributed by atoms with Crippen LogP contribution in [-0.4, -0.2) is 8.07 Å². The van der Waals surface area contributed by atoms with E-state index in [1.54, 1.807) is 0 Å². The van der Waals surface area contributed by atoms with Gasteiger partial charge < -0.3 is 0 Å². The van der Waals surface area contributed by atoms with E-state index in [1.165, 1.54) is 37.7 Å². The third kappa shape index (κ3) is 5.93. The summed E-state index contributed by atoms with van der Waals surface area (Å²) < 4.78 is 0. The summed E-state index contributed by atoms with van der Waals surface area (Å²) in [5, 5.41) is 0. The quantitative estimate of drug-likeness (QED) is 0.367. The van der Waals surface area contributed by atoms with Gasteiger partial charge >= 0.3 is 0 Å². The molecular formula is C16H26Si. The smallest absolute Gasteiger partial charge is 0.127 e. The lowest BCUT2D eigenvalue weighted by molar-refractivity contribution is 0.403. The van der Waals surface area contributed by atoms with Crippen molar-refractivity contribution in [2.24, 2.45) is 5.92 Å². The zero-order chi connectivity index (χ0) is 12.9. The second kappa shape index (κ2) is 6.26. The first-order valence-corrected chi connectivity index (χ1v) is 10.3. The van der Waals surface area contributed by atoms with Crippen LogP contribution in [0, 0.1) is 17.4 Å². The van der Waals surface area contributed by atoms with Crippen molar-refractivity contribution in [2.75, 3.05) is 0 Å². The second-order valence-corrected chi connectivity index (χ2v) is 11.0. The van der Waals surface area contributed by atoms with Crippen LogP contribution in [0.25, 0.3) is 0 Å². The molecule has 0 N–H and O–H groups in total. The summed E-state index contributed by atoms with van der Waals surface area (Å²) in [4.78, 5) is 0. The van der Waals surface area contributed by atoms with Gasteiger partial charge in [0, 0.05) is 5.57 Å². The largest absolute Gasteiger partial charge is 0.129 e. The Morgan fingerprint density at radius 3 is 2.29 bits per heavy atom. The first-order chi connectivity index (χ1) is 7.88. The average molecular weight is 246 g/mol. The lowest BCUT2D eigenvalue weighted by Gasteiger charge is -2.22. The van der Waals surface area contributed by atoms with Gasteiger partial charge in [0.05, 0.1) is 0 Å².